The lowest BCUT2D eigenvalue weighted by atomic mass is 10.1. The number of rotatable bonds is 7. The van der Waals surface area contributed by atoms with Crippen molar-refractivity contribution in [3.63, 3.8) is 0 Å². The van der Waals surface area contributed by atoms with E-state index in [-0.39, 0.29) is 6.10 Å². The minimum Gasteiger partial charge on any atom is -0.491 e. The highest BCUT2D eigenvalue weighted by atomic mass is 16.5. The zero-order valence-corrected chi connectivity index (χ0v) is 10.8. The molecule has 0 aliphatic heterocycles. The van der Waals surface area contributed by atoms with E-state index in [9.17, 15) is 4.79 Å². The van der Waals surface area contributed by atoms with Crippen molar-refractivity contribution in [1.29, 1.82) is 0 Å². The minimum atomic E-state index is 0.185. The van der Waals surface area contributed by atoms with Gasteiger partial charge in [-0.1, -0.05) is 17.7 Å². The van der Waals surface area contributed by atoms with Crippen LogP contribution in [0.3, 0.4) is 0 Å². The lowest BCUT2D eigenvalue weighted by Crippen LogP contribution is -2.13. The van der Waals surface area contributed by atoms with Gasteiger partial charge in [0.05, 0.1) is 6.10 Å². The van der Waals surface area contributed by atoms with E-state index < -0.39 is 0 Å². The van der Waals surface area contributed by atoms with Crippen molar-refractivity contribution in [3.05, 3.63) is 29.3 Å². The second kappa shape index (κ2) is 6.94. The van der Waals surface area contributed by atoms with Gasteiger partial charge in [-0.05, 0) is 45.2 Å². The van der Waals surface area contributed by atoms with E-state index in [0.29, 0.717) is 6.54 Å². The Morgan fingerprint density at radius 1 is 1.41 bits per heavy atom. The normalized spacial score (nSPS) is 10.4. The molecule has 1 aromatic rings. The van der Waals surface area contributed by atoms with Crippen LogP contribution in [0.1, 0.15) is 31.4 Å². The molecule has 0 heterocycles. The first-order chi connectivity index (χ1) is 8.13. The summed E-state index contributed by atoms with van der Waals surface area (Å²) in [5.74, 6) is 0.955. The van der Waals surface area contributed by atoms with E-state index in [1.54, 1.807) is 0 Å². The van der Waals surface area contributed by atoms with E-state index in [2.05, 4.69) is 24.4 Å². The molecule has 0 bridgehead atoms. The summed E-state index contributed by atoms with van der Waals surface area (Å²) in [6.45, 7) is 6.83. The molecule has 0 atom stereocenters. The van der Waals surface area contributed by atoms with Crippen LogP contribution < -0.4 is 10.1 Å². The molecular formula is C14H21NO2. The average molecular weight is 235 g/mol. The van der Waals surface area contributed by atoms with E-state index >= 15 is 0 Å². The summed E-state index contributed by atoms with van der Waals surface area (Å²) >= 11 is 0. The number of amides is 1. The Kier molecular flexibility index (Phi) is 5.53. The average Bonchev–Trinajstić information content (AvgIpc) is 2.27. The molecule has 1 N–H and O–H groups in total. The highest BCUT2D eigenvalue weighted by Crippen LogP contribution is 2.22. The Hall–Kier alpha value is -1.51. The summed E-state index contributed by atoms with van der Waals surface area (Å²) in [5.41, 5.74) is 2.45. The number of nitrogens with one attached hydrogen (secondary N) is 1. The van der Waals surface area contributed by atoms with Gasteiger partial charge in [0.2, 0.25) is 6.41 Å². The van der Waals surface area contributed by atoms with Crippen molar-refractivity contribution >= 4 is 6.41 Å². The van der Waals surface area contributed by atoms with Crippen LogP contribution in [-0.4, -0.2) is 19.1 Å². The fourth-order valence-corrected chi connectivity index (χ4v) is 1.71. The molecule has 0 aromatic heterocycles. The molecule has 17 heavy (non-hydrogen) atoms. The maximum atomic E-state index is 10.1. The number of carbonyl (C=O) groups excluding carboxylic acids is 1. The maximum Gasteiger partial charge on any atom is 0.207 e. The third-order valence-electron chi connectivity index (χ3n) is 2.43. The summed E-state index contributed by atoms with van der Waals surface area (Å²) in [5, 5.41) is 2.67. The maximum absolute atomic E-state index is 10.1. The SMILES string of the molecule is Cc1ccc(OC(C)C)c(CCCNC=O)c1. The zero-order chi connectivity index (χ0) is 12.7. The second-order valence-corrected chi connectivity index (χ2v) is 4.45. The van der Waals surface area contributed by atoms with Gasteiger partial charge < -0.3 is 10.1 Å². The van der Waals surface area contributed by atoms with Crippen LogP contribution in [0.25, 0.3) is 0 Å². The Balaban J connectivity index is 2.65. The zero-order valence-electron chi connectivity index (χ0n) is 10.8. The fraction of sp³-hybridized carbons (Fsp3) is 0.500. The third-order valence-corrected chi connectivity index (χ3v) is 2.43. The highest BCUT2D eigenvalue weighted by molar-refractivity contribution is 5.45. The van der Waals surface area contributed by atoms with Crippen molar-refractivity contribution in [1.82, 2.24) is 5.32 Å². The lowest BCUT2D eigenvalue weighted by Gasteiger charge is -2.15. The first kappa shape index (κ1) is 13.6. The van der Waals surface area contributed by atoms with Crippen molar-refractivity contribution in [3.8, 4) is 5.75 Å². The molecule has 0 aliphatic rings. The molecule has 3 nitrogen and oxygen atoms in total. The molecule has 0 fully saturated rings. The molecule has 3 heteroatoms. The molecule has 0 radical (unpaired) electrons. The van der Waals surface area contributed by atoms with Crippen LogP contribution in [0, 0.1) is 6.92 Å². The number of hydrogen-bond acceptors (Lipinski definition) is 2. The molecule has 94 valence electrons. The Morgan fingerprint density at radius 3 is 2.82 bits per heavy atom. The molecule has 1 rings (SSSR count). The quantitative estimate of drug-likeness (QED) is 0.582. The topological polar surface area (TPSA) is 38.3 Å². The van der Waals surface area contributed by atoms with Crippen LogP contribution in [-0.2, 0) is 11.2 Å². The number of aryl methyl sites for hydroxylation is 2. The molecule has 1 aromatic carbocycles. The monoisotopic (exact) mass is 235 g/mol. The van der Waals surface area contributed by atoms with Crippen LogP contribution in [0.2, 0.25) is 0 Å². The minimum absolute atomic E-state index is 0.185. The first-order valence-corrected chi connectivity index (χ1v) is 6.06. The van der Waals surface area contributed by atoms with Crippen LogP contribution in [0.4, 0.5) is 0 Å². The van der Waals surface area contributed by atoms with Crippen molar-refractivity contribution < 1.29 is 9.53 Å². The van der Waals surface area contributed by atoms with Gasteiger partial charge in [0.25, 0.3) is 0 Å². The lowest BCUT2D eigenvalue weighted by molar-refractivity contribution is -0.109. The van der Waals surface area contributed by atoms with Crippen molar-refractivity contribution in [2.24, 2.45) is 0 Å². The van der Waals surface area contributed by atoms with Crippen molar-refractivity contribution in [2.45, 2.75) is 39.7 Å². The van der Waals surface area contributed by atoms with E-state index in [0.717, 1.165) is 25.0 Å². The summed E-state index contributed by atoms with van der Waals surface area (Å²) in [6.07, 6.45) is 2.77. The smallest absolute Gasteiger partial charge is 0.207 e. The van der Waals surface area contributed by atoms with Crippen LogP contribution in [0.5, 0.6) is 5.75 Å². The van der Waals surface area contributed by atoms with Gasteiger partial charge in [0.15, 0.2) is 0 Å². The van der Waals surface area contributed by atoms with Gasteiger partial charge in [0, 0.05) is 6.54 Å². The Morgan fingerprint density at radius 2 is 2.18 bits per heavy atom. The molecule has 1 amide bonds. The van der Waals surface area contributed by atoms with Gasteiger partial charge in [-0.3, -0.25) is 4.79 Å². The number of benzene rings is 1. The number of carbonyl (C=O) groups is 1. The Labute approximate surface area is 103 Å². The summed E-state index contributed by atoms with van der Waals surface area (Å²) in [6, 6.07) is 6.24. The summed E-state index contributed by atoms with van der Waals surface area (Å²) < 4.78 is 5.77. The second-order valence-electron chi connectivity index (χ2n) is 4.45. The van der Waals surface area contributed by atoms with Gasteiger partial charge >= 0.3 is 0 Å². The van der Waals surface area contributed by atoms with Crippen LogP contribution in [0.15, 0.2) is 18.2 Å². The summed E-state index contributed by atoms with van der Waals surface area (Å²) in [4.78, 5) is 10.1. The fourth-order valence-electron chi connectivity index (χ4n) is 1.71. The number of hydrogen-bond donors (Lipinski definition) is 1. The van der Waals surface area contributed by atoms with Crippen molar-refractivity contribution in [2.75, 3.05) is 6.54 Å². The predicted octanol–water partition coefficient (Wildman–Crippen LogP) is 2.46. The predicted molar refractivity (Wildman–Crippen MR) is 69.3 cm³/mol. The first-order valence-electron chi connectivity index (χ1n) is 6.06. The van der Waals surface area contributed by atoms with Gasteiger partial charge in [-0.15, -0.1) is 0 Å². The standard InChI is InChI=1S/C14H21NO2/c1-11(2)17-14-7-6-12(3)9-13(14)5-4-8-15-10-16/h6-7,9-11H,4-5,8H2,1-3H3,(H,15,16). The van der Waals surface area contributed by atoms with E-state index in [1.807, 2.05) is 19.9 Å². The number of ether oxygens (including phenoxy) is 1. The summed E-state index contributed by atoms with van der Waals surface area (Å²) in [7, 11) is 0. The van der Waals surface area contributed by atoms with Gasteiger partial charge in [-0.25, -0.2) is 0 Å². The highest BCUT2D eigenvalue weighted by Gasteiger charge is 2.05. The molecular weight excluding hydrogens is 214 g/mol. The van der Waals surface area contributed by atoms with Gasteiger partial charge in [0.1, 0.15) is 5.75 Å². The van der Waals surface area contributed by atoms with Gasteiger partial charge in [-0.2, -0.15) is 0 Å². The molecule has 0 aliphatic carbocycles. The van der Waals surface area contributed by atoms with E-state index in [4.69, 9.17) is 4.74 Å². The van der Waals surface area contributed by atoms with E-state index in [1.165, 1.54) is 11.1 Å². The third kappa shape index (κ3) is 4.89. The largest absolute Gasteiger partial charge is 0.491 e. The molecule has 0 saturated heterocycles. The Bertz CT molecular complexity index is 361. The van der Waals surface area contributed by atoms with Crippen LogP contribution >= 0.6 is 0 Å². The molecule has 0 saturated carbocycles. The molecule has 0 unspecified atom stereocenters. The molecule has 0 spiro atoms.